The summed E-state index contributed by atoms with van der Waals surface area (Å²) in [6.45, 7) is 4.04. The third kappa shape index (κ3) is 1.33. The maximum Gasteiger partial charge on any atom is 0.210 e. The lowest BCUT2D eigenvalue weighted by atomic mass is 10.1. The van der Waals surface area contributed by atoms with E-state index in [4.69, 9.17) is 9.47 Å². The van der Waals surface area contributed by atoms with Crippen molar-refractivity contribution in [1.82, 2.24) is 4.90 Å². The molecule has 0 radical (unpaired) electrons. The molecule has 0 spiro atoms. The molecule has 0 aliphatic carbocycles. The molecule has 0 saturated carbocycles. The van der Waals surface area contributed by atoms with Crippen molar-refractivity contribution in [2.24, 2.45) is 0 Å². The van der Waals surface area contributed by atoms with Gasteiger partial charge < -0.3 is 19.2 Å². The molecule has 2 aliphatic rings. The number of carbonyl (C=O) groups is 2. The average molecular weight is 199 g/mol. The second kappa shape index (κ2) is 3.03. The van der Waals surface area contributed by atoms with E-state index >= 15 is 0 Å². The van der Waals surface area contributed by atoms with Crippen LogP contribution in [0.4, 0.5) is 0 Å². The van der Waals surface area contributed by atoms with Crippen molar-refractivity contribution < 1.29 is 19.1 Å². The number of nitrogens with zero attached hydrogens (tertiary/aromatic N) is 1. The zero-order chi connectivity index (χ0) is 10.3. The molecule has 2 saturated heterocycles. The number of hydrogen-bond acceptors (Lipinski definition) is 4. The number of rotatable bonds is 2. The first-order valence-corrected chi connectivity index (χ1v) is 4.59. The predicted molar refractivity (Wildman–Crippen MR) is 46.4 cm³/mol. The Morgan fingerprint density at radius 1 is 1.36 bits per heavy atom. The van der Waals surface area contributed by atoms with Gasteiger partial charge in [-0.15, -0.1) is 0 Å². The van der Waals surface area contributed by atoms with E-state index in [9.17, 15) is 9.59 Å². The van der Waals surface area contributed by atoms with Crippen LogP contribution < -0.4 is 0 Å². The summed E-state index contributed by atoms with van der Waals surface area (Å²) in [5.74, 6) is -0.647. The van der Waals surface area contributed by atoms with Crippen LogP contribution in [0.25, 0.3) is 0 Å². The van der Waals surface area contributed by atoms with E-state index in [0.717, 1.165) is 6.29 Å². The van der Waals surface area contributed by atoms with Crippen LogP contribution in [0.3, 0.4) is 0 Å². The van der Waals surface area contributed by atoms with Gasteiger partial charge in [-0.05, 0) is 13.8 Å². The van der Waals surface area contributed by atoms with Gasteiger partial charge in [0.25, 0.3) is 0 Å². The number of likely N-dealkylation sites (tertiary alicyclic amines) is 1. The highest BCUT2D eigenvalue weighted by molar-refractivity contribution is 5.66. The first-order chi connectivity index (χ1) is 6.57. The Kier molecular flexibility index (Phi) is 2.08. The second-order valence-electron chi connectivity index (χ2n) is 4.07. The SMILES string of the molecule is CC1(C)O[C@H]2[C@H](CN(C=O)[C@@H]2C=O)O1. The standard InChI is InChI=1S/C9H13NO4/c1-9(2)13-7-3-10(5-12)6(4-11)8(7)14-9/h4-8H,3H2,1-2H3/t6-,7+,8-/m1/s1. The normalized spacial score (nSPS) is 39.6. The molecule has 0 aromatic carbocycles. The largest absolute Gasteiger partial charge is 0.343 e. The molecule has 2 fully saturated rings. The van der Waals surface area contributed by atoms with Crippen LogP contribution >= 0.6 is 0 Å². The van der Waals surface area contributed by atoms with Gasteiger partial charge in [-0.25, -0.2) is 0 Å². The minimum absolute atomic E-state index is 0.176. The number of hydrogen-bond donors (Lipinski definition) is 0. The van der Waals surface area contributed by atoms with Crippen LogP contribution in [-0.4, -0.2) is 48.2 Å². The molecule has 1 amide bonds. The lowest BCUT2D eigenvalue weighted by molar-refractivity contribution is -0.164. The molecular weight excluding hydrogens is 186 g/mol. The van der Waals surface area contributed by atoms with Crippen LogP contribution in [0.1, 0.15) is 13.8 Å². The molecule has 0 aromatic heterocycles. The van der Waals surface area contributed by atoms with Crippen LogP contribution in [-0.2, 0) is 19.1 Å². The Balaban J connectivity index is 2.17. The second-order valence-corrected chi connectivity index (χ2v) is 4.07. The smallest absolute Gasteiger partial charge is 0.210 e. The van der Waals surface area contributed by atoms with E-state index in [0.29, 0.717) is 13.0 Å². The van der Waals surface area contributed by atoms with E-state index in [2.05, 4.69) is 0 Å². The molecule has 5 nitrogen and oxygen atoms in total. The fraction of sp³-hybridized carbons (Fsp3) is 0.778. The first-order valence-electron chi connectivity index (χ1n) is 4.59. The molecule has 14 heavy (non-hydrogen) atoms. The van der Waals surface area contributed by atoms with Crippen LogP contribution in [0.15, 0.2) is 0 Å². The molecule has 78 valence electrons. The summed E-state index contributed by atoms with van der Waals surface area (Å²) >= 11 is 0. The Hall–Kier alpha value is -0.940. The van der Waals surface area contributed by atoms with Crippen molar-refractivity contribution in [3.63, 3.8) is 0 Å². The van der Waals surface area contributed by atoms with Crippen LogP contribution in [0.5, 0.6) is 0 Å². The monoisotopic (exact) mass is 199 g/mol. The van der Waals surface area contributed by atoms with Crippen molar-refractivity contribution in [2.45, 2.75) is 37.9 Å². The minimum Gasteiger partial charge on any atom is -0.343 e. The summed E-state index contributed by atoms with van der Waals surface area (Å²) in [6.07, 6.45) is 0.916. The molecule has 0 bridgehead atoms. The fourth-order valence-corrected chi connectivity index (χ4v) is 2.08. The summed E-state index contributed by atoms with van der Waals surface area (Å²) in [4.78, 5) is 22.8. The Bertz CT molecular complexity index is 266. The van der Waals surface area contributed by atoms with E-state index in [1.807, 2.05) is 0 Å². The summed E-state index contributed by atoms with van der Waals surface area (Å²) in [7, 11) is 0. The Morgan fingerprint density at radius 3 is 2.64 bits per heavy atom. The van der Waals surface area contributed by atoms with E-state index in [-0.39, 0.29) is 12.2 Å². The van der Waals surface area contributed by atoms with Gasteiger partial charge in [0, 0.05) is 0 Å². The van der Waals surface area contributed by atoms with Crippen molar-refractivity contribution in [3.05, 3.63) is 0 Å². The summed E-state index contributed by atoms with van der Waals surface area (Å²) < 4.78 is 11.1. The van der Waals surface area contributed by atoms with Crippen LogP contribution in [0.2, 0.25) is 0 Å². The molecule has 0 N–H and O–H groups in total. The zero-order valence-corrected chi connectivity index (χ0v) is 8.17. The molecule has 3 atom stereocenters. The average Bonchev–Trinajstić information content (AvgIpc) is 2.55. The molecule has 5 heteroatoms. The van der Waals surface area contributed by atoms with Gasteiger partial charge in [0.2, 0.25) is 6.41 Å². The van der Waals surface area contributed by atoms with Gasteiger partial charge in [-0.2, -0.15) is 0 Å². The van der Waals surface area contributed by atoms with Gasteiger partial charge in [-0.1, -0.05) is 0 Å². The highest BCUT2D eigenvalue weighted by Crippen LogP contribution is 2.35. The molecule has 2 rings (SSSR count). The third-order valence-corrected chi connectivity index (χ3v) is 2.61. The van der Waals surface area contributed by atoms with E-state index in [1.165, 1.54) is 4.90 Å². The minimum atomic E-state index is -0.647. The van der Waals surface area contributed by atoms with Gasteiger partial charge in [0.05, 0.1) is 6.54 Å². The highest BCUT2D eigenvalue weighted by Gasteiger charge is 2.52. The molecule has 0 aromatic rings. The number of aldehydes is 1. The number of carbonyl (C=O) groups excluding carboxylic acids is 2. The lowest BCUT2D eigenvalue weighted by Gasteiger charge is -2.23. The van der Waals surface area contributed by atoms with Gasteiger partial charge in [0.15, 0.2) is 5.79 Å². The molecule has 2 heterocycles. The van der Waals surface area contributed by atoms with Crippen molar-refractivity contribution >= 4 is 12.7 Å². The Labute approximate surface area is 82.0 Å². The maximum absolute atomic E-state index is 10.8. The van der Waals surface area contributed by atoms with Gasteiger partial charge >= 0.3 is 0 Å². The number of ether oxygens (including phenoxy) is 2. The quantitative estimate of drug-likeness (QED) is 0.565. The van der Waals surface area contributed by atoms with E-state index < -0.39 is 11.8 Å². The molecule has 2 aliphatic heterocycles. The summed E-state index contributed by atoms with van der Waals surface area (Å²) in [5, 5.41) is 0. The number of amides is 1. The van der Waals surface area contributed by atoms with Gasteiger partial charge in [0.1, 0.15) is 24.5 Å². The topological polar surface area (TPSA) is 55.8 Å². The highest BCUT2D eigenvalue weighted by atomic mass is 16.8. The van der Waals surface area contributed by atoms with Crippen molar-refractivity contribution in [1.29, 1.82) is 0 Å². The lowest BCUT2D eigenvalue weighted by Crippen LogP contribution is -2.38. The fourth-order valence-electron chi connectivity index (χ4n) is 2.08. The van der Waals surface area contributed by atoms with Gasteiger partial charge in [-0.3, -0.25) is 4.79 Å². The van der Waals surface area contributed by atoms with E-state index in [1.54, 1.807) is 13.8 Å². The molecule has 0 unspecified atom stereocenters. The first kappa shape index (κ1) is 9.61. The maximum atomic E-state index is 10.8. The van der Waals surface area contributed by atoms with Crippen LogP contribution in [0, 0.1) is 0 Å². The van der Waals surface area contributed by atoms with Crippen molar-refractivity contribution in [3.8, 4) is 0 Å². The summed E-state index contributed by atoms with van der Waals surface area (Å²) in [6, 6.07) is -0.501. The third-order valence-electron chi connectivity index (χ3n) is 2.61. The summed E-state index contributed by atoms with van der Waals surface area (Å²) in [5.41, 5.74) is 0. The number of fused-ring (bicyclic) bond motifs is 1. The Morgan fingerprint density at radius 2 is 2.07 bits per heavy atom. The molecular formula is C9H13NO4. The van der Waals surface area contributed by atoms with Crippen molar-refractivity contribution in [2.75, 3.05) is 6.54 Å². The zero-order valence-electron chi connectivity index (χ0n) is 8.17. The predicted octanol–water partition coefficient (Wildman–Crippen LogP) is -0.454.